The van der Waals surface area contributed by atoms with Crippen molar-refractivity contribution < 1.29 is 4.74 Å². The van der Waals surface area contributed by atoms with Crippen molar-refractivity contribution in [2.45, 2.75) is 57.6 Å². The van der Waals surface area contributed by atoms with Crippen LogP contribution in [0.2, 0.25) is 0 Å². The van der Waals surface area contributed by atoms with Crippen LogP contribution in [-0.2, 0) is 4.74 Å². The zero-order valence-electron chi connectivity index (χ0n) is 13.9. The second-order valence-corrected chi connectivity index (χ2v) is 6.83. The maximum absolute atomic E-state index is 9.62. The van der Waals surface area contributed by atoms with Gasteiger partial charge in [0.1, 0.15) is 5.54 Å². The number of methoxy groups -OCH3 is 1. The van der Waals surface area contributed by atoms with Crippen LogP contribution in [0.15, 0.2) is 0 Å². The molecule has 4 atom stereocenters. The van der Waals surface area contributed by atoms with Crippen molar-refractivity contribution in [3.8, 4) is 6.07 Å². The lowest BCUT2D eigenvalue weighted by atomic mass is 9.85. The first kappa shape index (κ1) is 16.7. The molecule has 2 aliphatic rings. The van der Waals surface area contributed by atoms with E-state index in [1.54, 1.807) is 0 Å². The van der Waals surface area contributed by atoms with Crippen LogP contribution in [-0.4, -0.2) is 49.8 Å². The fourth-order valence-electron chi connectivity index (χ4n) is 4.15. The van der Waals surface area contributed by atoms with Crippen molar-refractivity contribution in [3.05, 3.63) is 0 Å². The van der Waals surface area contributed by atoms with Crippen LogP contribution in [0, 0.1) is 23.2 Å². The van der Waals surface area contributed by atoms with Crippen LogP contribution >= 0.6 is 0 Å². The molecule has 0 bridgehead atoms. The second-order valence-electron chi connectivity index (χ2n) is 6.83. The first-order valence-corrected chi connectivity index (χ1v) is 8.56. The molecule has 0 aromatic carbocycles. The minimum absolute atomic E-state index is 0.265. The lowest BCUT2D eigenvalue weighted by Gasteiger charge is -2.37. The van der Waals surface area contributed by atoms with Crippen LogP contribution in [0.4, 0.5) is 0 Å². The van der Waals surface area contributed by atoms with Gasteiger partial charge in [-0.2, -0.15) is 5.26 Å². The van der Waals surface area contributed by atoms with E-state index in [1.165, 1.54) is 25.8 Å². The van der Waals surface area contributed by atoms with Gasteiger partial charge in [-0.1, -0.05) is 20.3 Å². The molecule has 1 heterocycles. The molecular weight excluding hydrogens is 262 g/mol. The molecule has 0 spiro atoms. The summed E-state index contributed by atoms with van der Waals surface area (Å²) < 4.78 is 5.60. The Labute approximate surface area is 129 Å². The summed E-state index contributed by atoms with van der Waals surface area (Å²) in [4.78, 5) is 2.53. The van der Waals surface area contributed by atoms with E-state index in [4.69, 9.17) is 4.74 Å². The Morgan fingerprint density at radius 3 is 2.90 bits per heavy atom. The minimum atomic E-state index is -0.265. The normalized spacial score (nSPS) is 37.5. The van der Waals surface area contributed by atoms with Crippen molar-refractivity contribution in [2.24, 2.45) is 11.8 Å². The van der Waals surface area contributed by atoms with Gasteiger partial charge < -0.3 is 9.64 Å². The molecule has 1 aliphatic carbocycles. The van der Waals surface area contributed by atoms with Crippen LogP contribution in [0.3, 0.4) is 0 Å². The summed E-state index contributed by atoms with van der Waals surface area (Å²) >= 11 is 0. The first-order chi connectivity index (χ1) is 10.1. The summed E-state index contributed by atoms with van der Waals surface area (Å²) in [5.74, 6) is 1.17. The maximum atomic E-state index is 9.62. The van der Waals surface area contributed by atoms with Crippen molar-refractivity contribution >= 4 is 0 Å². The van der Waals surface area contributed by atoms with Crippen LogP contribution < -0.4 is 5.32 Å². The zero-order chi connectivity index (χ0) is 15.3. The van der Waals surface area contributed by atoms with Gasteiger partial charge in [0.15, 0.2) is 0 Å². The number of likely N-dealkylation sites (tertiary alicyclic amines) is 1. The van der Waals surface area contributed by atoms with Gasteiger partial charge in [-0.15, -0.1) is 0 Å². The molecule has 1 aliphatic heterocycles. The molecule has 4 unspecified atom stereocenters. The Kier molecular flexibility index (Phi) is 6.04. The SMILES string of the molecule is CCNC1(C#N)CCCC1CCN1CCC(C)C(OC)C1. The molecule has 1 saturated carbocycles. The van der Waals surface area contributed by atoms with Gasteiger partial charge in [0.05, 0.1) is 12.2 Å². The van der Waals surface area contributed by atoms with E-state index < -0.39 is 0 Å². The predicted octanol–water partition coefficient (Wildman–Crippen LogP) is 2.41. The number of ether oxygens (including phenoxy) is 1. The molecule has 0 aromatic rings. The molecular formula is C17H31N3O. The topological polar surface area (TPSA) is 48.3 Å². The van der Waals surface area contributed by atoms with E-state index in [2.05, 4.69) is 30.1 Å². The number of rotatable bonds is 6. The number of nitrogens with one attached hydrogen (secondary N) is 1. The third-order valence-electron chi connectivity index (χ3n) is 5.58. The summed E-state index contributed by atoms with van der Waals surface area (Å²) in [7, 11) is 1.83. The number of hydrogen-bond donors (Lipinski definition) is 1. The quantitative estimate of drug-likeness (QED) is 0.817. The predicted molar refractivity (Wildman–Crippen MR) is 85.0 cm³/mol. The van der Waals surface area contributed by atoms with Gasteiger partial charge in [0, 0.05) is 13.7 Å². The molecule has 4 heteroatoms. The average molecular weight is 293 g/mol. The molecule has 2 fully saturated rings. The lowest BCUT2D eigenvalue weighted by molar-refractivity contribution is -0.00679. The highest BCUT2D eigenvalue weighted by Gasteiger charge is 2.42. The highest BCUT2D eigenvalue weighted by molar-refractivity contribution is 5.14. The van der Waals surface area contributed by atoms with Gasteiger partial charge in [-0.3, -0.25) is 5.32 Å². The third-order valence-corrected chi connectivity index (χ3v) is 5.58. The Morgan fingerprint density at radius 1 is 1.43 bits per heavy atom. The lowest BCUT2D eigenvalue weighted by Crippen LogP contribution is -2.49. The number of piperidine rings is 1. The maximum Gasteiger partial charge on any atom is 0.109 e. The van der Waals surface area contributed by atoms with E-state index >= 15 is 0 Å². The molecule has 0 radical (unpaired) electrons. The Hall–Kier alpha value is -0.630. The van der Waals surface area contributed by atoms with Gasteiger partial charge in [0.2, 0.25) is 0 Å². The monoisotopic (exact) mass is 293 g/mol. The Bertz CT molecular complexity index is 368. The molecule has 4 nitrogen and oxygen atoms in total. The van der Waals surface area contributed by atoms with Gasteiger partial charge in [0.25, 0.3) is 0 Å². The highest BCUT2D eigenvalue weighted by atomic mass is 16.5. The summed E-state index contributed by atoms with van der Waals surface area (Å²) in [6.07, 6.45) is 6.11. The van der Waals surface area contributed by atoms with Gasteiger partial charge in [-0.05, 0) is 57.2 Å². The van der Waals surface area contributed by atoms with Crippen molar-refractivity contribution in [2.75, 3.05) is 33.3 Å². The van der Waals surface area contributed by atoms with Crippen LogP contribution in [0.25, 0.3) is 0 Å². The smallest absolute Gasteiger partial charge is 0.109 e. The second kappa shape index (κ2) is 7.58. The molecule has 120 valence electrons. The van der Waals surface area contributed by atoms with Crippen LogP contribution in [0.5, 0.6) is 0 Å². The summed E-state index contributed by atoms with van der Waals surface area (Å²) in [5.41, 5.74) is -0.265. The summed E-state index contributed by atoms with van der Waals surface area (Å²) in [6.45, 7) is 8.60. The fraction of sp³-hybridized carbons (Fsp3) is 0.941. The third kappa shape index (κ3) is 3.77. The van der Waals surface area contributed by atoms with Crippen LogP contribution in [0.1, 0.15) is 46.0 Å². The number of nitrogens with zero attached hydrogens (tertiary/aromatic N) is 2. The molecule has 21 heavy (non-hydrogen) atoms. The van der Waals surface area contributed by atoms with Gasteiger partial charge >= 0.3 is 0 Å². The molecule has 1 saturated heterocycles. The van der Waals surface area contributed by atoms with E-state index in [0.29, 0.717) is 17.9 Å². The van der Waals surface area contributed by atoms with Crippen molar-refractivity contribution in [1.82, 2.24) is 10.2 Å². The van der Waals surface area contributed by atoms with Crippen molar-refractivity contribution in [3.63, 3.8) is 0 Å². The summed E-state index contributed by atoms with van der Waals surface area (Å²) in [5, 5.41) is 13.1. The number of hydrogen-bond acceptors (Lipinski definition) is 4. The minimum Gasteiger partial charge on any atom is -0.380 e. The molecule has 0 aromatic heterocycles. The fourth-order valence-corrected chi connectivity index (χ4v) is 4.15. The average Bonchev–Trinajstić information content (AvgIpc) is 2.90. The van der Waals surface area contributed by atoms with E-state index in [9.17, 15) is 5.26 Å². The standard InChI is InChI=1S/C17H31N3O/c1-4-19-17(13-18)9-5-6-15(17)8-11-20-10-7-14(2)16(12-20)21-3/h14-16,19H,4-12H2,1-3H3. The molecule has 0 amide bonds. The van der Waals surface area contributed by atoms with E-state index in [1.807, 2.05) is 7.11 Å². The Morgan fingerprint density at radius 2 is 2.24 bits per heavy atom. The van der Waals surface area contributed by atoms with E-state index in [-0.39, 0.29) is 5.54 Å². The van der Waals surface area contributed by atoms with Gasteiger partial charge in [-0.25, -0.2) is 0 Å². The first-order valence-electron chi connectivity index (χ1n) is 8.56. The molecule has 1 N–H and O–H groups in total. The number of nitriles is 1. The van der Waals surface area contributed by atoms with Crippen molar-refractivity contribution in [1.29, 1.82) is 5.26 Å². The van der Waals surface area contributed by atoms with E-state index in [0.717, 1.165) is 32.5 Å². The Balaban J connectivity index is 1.86. The zero-order valence-corrected chi connectivity index (χ0v) is 13.9. The molecule has 2 rings (SSSR count). The summed E-state index contributed by atoms with van der Waals surface area (Å²) in [6, 6.07) is 2.59. The largest absolute Gasteiger partial charge is 0.380 e. The highest BCUT2D eigenvalue weighted by Crippen LogP contribution is 2.37.